The summed E-state index contributed by atoms with van der Waals surface area (Å²) in [5, 5.41) is 0. The second-order valence-electron chi connectivity index (χ2n) is 14.8. The fourth-order valence-corrected chi connectivity index (χ4v) is 13.5. The van der Waals surface area contributed by atoms with Gasteiger partial charge in [-0.25, -0.2) is 4.21 Å². The van der Waals surface area contributed by atoms with E-state index in [9.17, 15) is 12.6 Å². The quantitative estimate of drug-likeness (QED) is 0.293. The summed E-state index contributed by atoms with van der Waals surface area (Å²) in [6, 6.07) is 7.66. The molecule has 7 heteroatoms. The van der Waals surface area contributed by atoms with Crippen LogP contribution in [0.4, 0.5) is 0 Å². The first-order valence-electron chi connectivity index (χ1n) is 15.9. The molecule has 0 aromatic heterocycles. The van der Waals surface area contributed by atoms with Crippen molar-refractivity contribution in [3.05, 3.63) is 40.8 Å². The Bertz CT molecular complexity index is 1340. The third-order valence-corrected chi connectivity index (χ3v) is 15.5. The van der Waals surface area contributed by atoms with E-state index in [1.54, 1.807) is 0 Å². The van der Waals surface area contributed by atoms with Gasteiger partial charge in [-0.05, 0) is 124 Å². The highest BCUT2D eigenvalue weighted by Gasteiger charge is 2.77. The lowest BCUT2D eigenvalue weighted by atomic mass is 9.45. The standard InChI is InChI=1S/C34H50O5S2/c1-8-29(40(35)24-11-9-21(2)10-12-24)31(39-41(7,36)37)22(3)26-13-14-27-25-19-30(38-6)34-20-23(34)15-18-33(34,5)28(25)16-17-32(26,27)4/h8-12,22-23,25-28,30-31H,13-20H2,1-7H3/b29-8+/t22-,23+,25-,26+,27-,28-,30+,31+,32+,33+,34-,40-/m0/s1. The largest absolute Gasteiger partial charge is 0.381 e. The molecule has 5 saturated carbocycles. The molecule has 5 nitrogen and oxygen atoms in total. The van der Waals surface area contributed by atoms with Gasteiger partial charge < -0.3 is 4.74 Å². The second kappa shape index (κ2) is 10.3. The van der Waals surface area contributed by atoms with E-state index < -0.39 is 27.0 Å². The molecule has 0 unspecified atom stereocenters. The molecule has 0 saturated heterocycles. The highest BCUT2D eigenvalue weighted by atomic mass is 32.2. The van der Waals surface area contributed by atoms with Gasteiger partial charge in [-0.15, -0.1) is 0 Å². The summed E-state index contributed by atoms with van der Waals surface area (Å²) in [4.78, 5) is 1.24. The Labute approximate surface area is 250 Å². The molecule has 1 aromatic carbocycles. The van der Waals surface area contributed by atoms with E-state index in [1.165, 1.54) is 44.9 Å². The van der Waals surface area contributed by atoms with Crippen LogP contribution in [0.3, 0.4) is 0 Å². The molecule has 0 bridgehead atoms. The van der Waals surface area contributed by atoms with Crippen LogP contribution in [0.25, 0.3) is 0 Å². The molecule has 0 heterocycles. The SMILES string of the molecule is C/C=C(\[C@H](OS(C)(=O)=O)[C@@H](C)[C@H]1CC[C@H]2[C@@H]3C[C@@H](OC)[C@]45C[C@H]4CC[C@]5(C)[C@H]3CC[C@]12C)[S@@](=O)c1ccc(C)cc1. The molecule has 228 valence electrons. The lowest BCUT2D eigenvalue weighted by Gasteiger charge is -2.61. The summed E-state index contributed by atoms with van der Waals surface area (Å²) in [5.74, 6) is 3.10. The molecule has 0 radical (unpaired) electrons. The zero-order chi connectivity index (χ0) is 29.5. The van der Waals surface area contributed by atoms with Crippen molar-refractivity contribution in [3.63, 3.8) is 0 Å². The van der Waals surface area contributed by atoms with Gasteiger partial charge in [0.15, 0.2) is 0 Å². The van der Waals surface area contributed by atoms with Crippen LogP contribution in [0.15, 0.2) is 40.1 Å². The average Bonchev–Trinajstić information content (AvgIpc) is 3.43. The summed E-state index contributed by atoms with van der Waals surface area (Å²) < 4.78 is 51.3. The molecular formula is C34H50O5S2. The Morgan fingerprint density at radius 1 is 1.07 bits per heavy atom. The van der Waals surface area contributed by atoms with Crippen molar-refractivity contribution < 1.29 is 21.5 Å². The van der Waals surface area contributed by atoms with E-state index in [-0.39, 0.29) is 11.3 Å². The Morgan fingerprint density at radius 3 is 2.39 bits per heavy atom. The van der Waals surface area contributed by atoms with Gasteiger partial charge in [-0.1, -0.05) is 44.5 Å². The van der Waals surface area contributed by atoms with E-state index in [2.05, 4.69) is 20.8 Å². The van der Waals surface area contributed by atoms with Gasteiger partial charge in [-0.3, -0.25) is 4.18 Å². The van der Waals surface area contributed by atoms with Crippen LogP contribution in [-0.4, -0.2) is 38.2 Å². The summed E-state index contributed by atoms with van der Waals surface area (Å²) in [6.45, 7) is 11.1. The zero-order valence-corrected chi connectivity index (χ0v) is 27.7. The molecule has 1 aromatic rings. The van der Waals surface area contributed by atoms with Crippen LogP contribution in [0.1, 0.15) is 84.6 Å². The summed E-state index contributed by atoms with van der Waals surface area (Å²) in [7, 11) is -3.33. The molecular weight excluding hydrogens is 553 g/mol. The van der Waals surface area contributed by atoms with Crippen molar-refractivity contribution in [2.45, 2.75) is 103 Å². The van der Waals surface area contributed by atoms with Crippen molar-refractivity contribution in [2.24, 2.45) is 51.8 Å². The fourth-order valence-electron chi connectivity index (χ4n) is 11.5. The van der Waals surface area contributed by atoms with Gasteiger partial charge in [0, 0.05) is 22.3 Å². The van der Waals surface area contributed by atoms with Crippen molar-refractivity contribution in [2.75, 3.05) is 13.4 Å². The van der Waals surface area contributed by atoms with E-state index >= 15 is 0 Å². The summed E-state index contributed by atoms with van der Waals surface area (Å²) in [5.41, 5.74) is 2.00. The summed E-state index contributed by atoms with van der Waals surface area (Å²) >= 11 is 0. The minimum Gasteiger partial charge on any atom is -0.381 e. The zero-order valence-electron chi connectivity index (χ0n) is 26.0. The molecule has 0 amide bonds. The number of ether oxygens (including phenoxy) is 1. The molecule has 5 fully saturated rings. The Morgan fingerprint density at radius 2 is 1.78 bits per heavy atom. The van der Waals surface area contributed by atoms with Crippen LogP contribution >= 0.6 is 0 Å². The van der Waals surface area contributed by atoms with Gasteiger partial charge in [-0.2, -0.15) is 8.42 Å². The third kappa shape index (κ3) is 4.49. The second-order valence-corrected chi connectivity index (χ2v) is 17.9. The Kier molecular flexibility index (Phi) is 7.52. The maximum atomic E-state index is 13.9. The number of aryl methyl sites for hydroxylation is 1. The molecule has 41 heavy (non-hydrogen) atoms. The van der Waals surface area contributed by atoms with Crippen molar-refractivity contribution in [1.82, 2.24) is 0 Å². The fraction of sp³-hybridized carbons (Fsp3) is 0.765. The lowest BCUT2D eigenvalue weighted by Crippen LogP contribution is -2.57. The van der Waals surface area contributed by atoms with Crippen LogP contribution in [0.2, 0.25) is 0 Å². The van der Waals surface area contributed by atoms with Crippen molar-refractivity contribution in [3.8, 4) is 0 Å². The van der Waals surface area contributed by atoms with Crippen LogP contribution in [0.5, 0.6) is 0 Å². The van der Waals surface area contributed by atoms with Crippen LogP contribution in [-0.2, 0) is 29.8 Å². The summed E-state index contributed by atoms with van der Waals surface area (Å²) in [6.07, 6.45) is 12.5. The molecule has 5 aliphatic rings. The van der Waals surface area contributed by atoms with Crippen molar-refractivity contribution in [1.29, 1.82) is 0 Å². The first kappa shape index (κ1) is 30.0. The van der Waals surface area contributed by atoms with E-state index in [0.29, 0.717) is 44.5 Å². The monoisotopic (exact) mass is 602 g/mol. The molecule has 5 aliphatic carbocycles. The Balaban J connectivity index is 1.30. The molecule has 12 atom stereocenters. The molecule has 1 spiro atoms. The predicted octanol–water partition coefficient (Wildman–Crippen LogP) is 7.27. The normalized spacial score (nSPS) is 43.8. The van der Waals surface area contributed by atoms with E-state index in [4.69, 9.17) is 8.92 Å². The average molecular weight is 603 g/mol. The molecule has 0 N–H and O–H groups in total. The van der Waals surface area contributed by atoms with Gasteiger partial charge >= 0.3 is 0 Å². The number of rotatable bonds is 8. The van der Waals surface area contributed by atoms with E-state index in [0.717, 1.165) is 30.1 Å². The molecule has 6 rings (SSSR count). The van der Waals surface area contributed by atoms with Crippen LogP contribution in [0, 0.1) is 58.7 Å². The first-order valence-corrected chi connectivity index (χ1v) is 18.8. The highest BCUT2D eigenvalue weighted by Crippen LogP contribution is 2.82. The van der Waals surface area contributed by atoms with Crippen molar-refractivity contribution >= 4 is 20.9 Å². The van der Waals surface area contributed by atoms with E-state index in [1.807, 2.05) is 51.3 Å². The first-order chi connectivity index (χ1) is 19.3. The number of hydrogen-bond acceptors (Lipinski definition) is 5. The predicted molar refractivity (Wildman–Crippen MR) is 164 cm³/mol. The molecule has 0 aliphatic heterocycles. The highest BCUT2D eigenvalue weighted by molar-refractivity contribution is 7.89. The maximum absolute atomic E-state index is 13.9. The number of allylic oxidation sites excluding steroid dienone is 1. The number of fused-ring (bicyclic) bond motifs is 4. The van der Waals surface area contributed by atoms with Gasteiger partial charge in [0.25, 0.3) is 10.1 Å². The minimum absolute atomic E-state index is 0.0834. The van der Waals surface area contributed by atoms with Gasteiger partial charge in [0.2, 0.25) is 0 Å². The topological polar surface area (TPSA) is 69.7 Å². The number of methoxy groups -OCH3 is 1. The number of benzene rings is 1. The third-order valence-electron chi connectivity index (χ3n) is 13.3. The number of hydrogen-bond donors (Lipinski definition) is 0. The van der Waals surface area contributed by atoms with Crippen LogP contribution < -0.4 is 0 Å². The smallest absolute Gasteiger partial charge is 0.265 e. The van der Waals surface area contributed by atoms with Gasteiger partial charge in [0.05, 0.1) is 23.2 Å². The van der Waals surface area contributed by atoms with Gasteiger partial charge in [0.1, 0.15) is 6.10 Å². The Hall–Kier alpha value is -1.02. The lowest BCUT2D eigenvalue weighted by molar-refractivity contribution is -0.161. The maximum Gasteiger partial charge on any atom is 0.265 e. The minimum atomic E-state index is -3.77.